The molecular weight excluding hydrogens is 196 g/mol. The Hall–Kier alpha value is -0.960. The van der Waals surface area contributed by atoms with Crippen molar-refractivity contribution in [3.63, 3.8) is 0 Å². The number of hydrogen-bond acceptors (Lipinski definition) is 3. The Labute approximate surface area is 88.7 Å². The van der Waals surface area contributed by atoms with Gasteiger partial charge in [-0.15, -0.1) is 11.8 Å². The minimum Gasteiger partial charge on any atom is -0.452 e. The van der Waals surface area contributed by atoms with Gasteiger partial charge in [-0.1, -0.05) is 30.3 Å². The van der Waals surface area contributed by atoms with Gasteiger partial charge in [-0.3, -0.25) is 4.79 Å². The van der Waals surface area contributed by atoms with Crippen molar-refractivity contribution >= 4 is 17.7 Å². The van der Waals surface area contributed by atoms with Crippen LogP contribution in [0.25, 0.3) is 0 Å². The summed E-state index contributed by atoms with van der Waals surface area (Å²) in [5.74, 6) is 0.646. The number of benzene rings is 1. The molecule has 0 radical (unpaired) electrons. The third-order valence-corrected chi connectivity index (χ3v) is 2.73. The highest BCUT2D eigenvalue weighted by Crippen LogP contribution is 2.18. The summed E-state index contributed by atoms with van der Waals surface area (Å²) in [5.41, 5.74) is 1.17. The lowest BCUT2D eigenvalue weighted by atomic mass is 10.2. The molecule has 0 aliphatic heterocycles. The molecule has 1 unspecified atom stereocenters. The van der Waals surface area contributed by atoms with Crippen LogP contribution in [0.15, 0.2) is 30.3 Å². The van der Waals surface area contributed by atoms with E-state index in [0.29, 0.717) is 0 Å². The molecule has 0 bridgehead atoms. The lowest BCUT2D eigenvalue weighted by molar-refractivity contribution is -0.141. The highest BCUT2D eigenvalue weighted by Gasteiger charge is 2.05. The van der Waals surface area contributed by atoms with E-state index in [1.54, 1.807) is 11.8 Å². The SMILES string of the molecule is CC(=O)OC(C)SCc1ccccc1. The molecule has 3 heteroatoms. The maximum Gasteiger partial charge on any atom is 0.303 e. The van der Waals surface area contributed by atoms with Gasteiger partial charge >= 0.3 is 5.97 Å². The molecule has 0 saturated carbocycles. The van der Waals surface area contributed by atoms with Gasteiger partial charge in [-0.25, -0.2) is 0 Å². The van der Waals surface area contributed by atoms with E-state index in [0.717, 1.165) is 5.75 Å². The Balaban J connectivity index is 2.30. The summed E-state index contributed by atoms with van der Waals surface area (Å²) in [4.78, 5) is 10.6. The molecule has 0 saturated heterocycles. The molecule has 1 aromatic carbocycles. The van der Waals surface area contributed by atoms with Crippen LogP contribution in [-0.2, 0) is 15.3 Å². The van der Waals surface area contributed by atoms with Crippen LogP contribution in [0.2, 0.25) is 0 Å². The zero-order valence-corrected chi connectivity index (χ0v) is 9.21. The van der Waals surface area contributed by atoms with Gasteiger partial charge in [-0.05, 0) is 12.5 Å². The monoisotopic (exact) mass is 210 g/mol. The van der Waals surface area contributed by atoms with Crippen molar-refractivity contribution in [1.82, 2.24) is 0 Å². The van der Waals surface area contributed by atoms with E-state index in [9.17, 15) is 4.79 Å². The number of ether oxygens (including phenoxy) is 1. The summed E-state index contributed by atoms with van der Waals surface area (Å²) < 4.78 is 5.00. The van der Waals surface area contributed by atoms with Crippen LogP contribution in [0.4, 0.5) is 0 Å². The number of esters is 1. The Morgan fingerprint density at radius 3 is 2.64 bits per heavy atom. The van der Waals surface area contributed by atoms with Crippen molar-refractivity contribution in [3.05, 3.63) is 35.9 Å². The third kappa shape index (κ3) is 4.33. The molecule has 0 aliphatic carbocycles. The molecule has 0 heterocycles. The number of rotatable bonds is 4. The standard InChI is InChI=1S/C11H14O2S/c1-9(12)13-10(2)14-8-11-6-4-3-5-7-11/h3-7,10H,8H2,1-2H3. The first-order chi connectivity index (χ1) is 6.68. The van der Waals surface area contributed by atoms with Gasteiger partial charge < -0.3 is 4.74 Å². The van der Waals surface area contributed by atoms with Crippen LogP contribution in [0.5, 0.6) is 0 Å². The summed E-state index contributed by atoms with van der Waals surface area (Å²) in [6.07, 6.45) is 0. The first-order valence-corrected chi connectivity index (χ1v) is 5.56. The summed E-state index contributed by atoms with van der Waals surface area (Å²) in [6.45, 7) is 3.31. The van der Waals surface area contributed by atoms with Crippen molar-refractivity contribution in [1.29, 1.82) is 0 Å². The molecule has 0 amide bonds. The molecule has 0 fully saturated rings. The van der Waals surface area contributed by atoms with Crippen molar-refractivity contribution in [2.75, 3.05) is 0 Å². The van der Waals surface area contributed by atoms with E-state index >= 15 is 0 Å². The smallest absolute Gasteiger partial charge is 0.303 e. The van der Waals surface area contributed by atoms with Gasteiger partial charge in [0, 0.05) is 12.7 Å². The molecule has 76 valence electrons. The van der Waals surface area contributed by atoms with E-state index in [1.165, 1.54) is 12.5 Å². The maximum absolute atomic E-state index is 10.6. The van der Waals surface area contributed by atoms with E-state index in [4.69, 9.17) is 4.74 Å². The summed E-state index contributed by atoms with van der Waals surface area (Å²) in [6, 6.07) is 10.1. The predicted molar refractivity (Wildman–Crippen MR) is 59.0 cm³/mol. The van der Waals surface area contributed by atoms with Crippen LogP contribution in [0.1, 0.15) is 19.4 Å². The lowest BCUT2D eigenvalue weighted by Crippen LogP contribution is -2.08. The third-order valence-electron chi connectivity index (χ3n) is 1.66. The minimum atomic E-state index is -0.224. The van der Waals surface area contributed by atoms with Crippen LogP contribution in [0.3, 0.4) is 0 Å². The van der Waals surface area contributed by atoms with Gasteiger partial charge in [0.05, 0.1) is 0 Å². The average Bonchev–Trinajstić information content (AvgIpc) is 2.15. The second-order valence-electron chi connectivity index (χ2n) is 2.97. The molecule has 0 aliphatic rings. The molecule has 0 N–H and O–H groups in total. The fourth-order valence-corrected chi connectivity index (χ4v) is 1.88. The average molecular weight is 210 g/mol. The fraction of sp³-hybridized carbons (Fsp3) is 0.364. The largest absolute Gasteiger partial charge is 0.452 e. The van der Waals surface area contributed by atoms with Crippen molar-refractivity contribution < 1.29 is 9.53 Å². The van der Waals surface area contributed by atoms with Crippen LogP contribution < -0.4 is 0 Å². The molecular formula is C11H14O2S. The Bertz CT molecular complexity index is 285. The van der Waals surface area contributed by atoms with Crippen molar-refractivity contribution in [3.8, 4) is 0 Å². The first kappa shape index (κ1) is 11.1. The van der Waals surface area contributed by atoms with E-state index in [-0.39, 0.29) is 11.4 Å². The molecule has 1 rings (SSSR count). The summed E-state index contributed by atoms with van der Waals surface area (Å²) >= 11 is 1.61. The topological polar surface area (TPSA) is 26.3 Å². The number of hydrogen-bond donors (Lipinski definition) is 0. The second kappa shape index (κ2) is 5.70. The quantitative estimate of drug-likeness (QED) is 0.564. The minimum absolute atomic E-state index is 0.0762. The molecule has 1 atom stereocenters. The zero-order chi connectivity index (χ0) is 10.4. The normalized spacial score (nSPS) is 12.1. The first-order valence-electron chi connectivity index (χ1n) is 4.51. The van der Waals surface area contributed by atoms with E-state index in [1.807, 2.05) is 25.1 Å². The van der Waals surface area contributed by atoms with Gasteiger partial charge in [0.25, 0.3) is 0 Å². The lowest BCUT2D eigenvalue weighted by Gasteiger charge is -2.10. The van der Waals surface area contributed by atoms with Gasteiger partial charge in [0.1, 0.15) is 5.44 Å². The molecule has 14 heavy (non-hydrogen) atoms. The molecule has 1 aromatic rings. The summed E-state index contributed by atoms with van der Waals surface area (Å²) in [7, 11) is 0. The van der Waals surface area contributed by atoms with Gasteiger partial charge in [0.2, 0.25) is 0 Å². The highest BCUT2D eigenvalue weighted by molar-refractivity contribution is 7.98. The number of carbonyl (C=O) groups excluding carboxylic acids is 1. The zero-order valence-electron chi connectivity index (χ0n) is 8.40. The van der Waals surface area contributed by atoms with Crippen LogP contribution >= 0.6 is 11.8 Å². The Kier molecular flexibility index (Phi) is 4.53. The molecule has 0 spiro atoms. The highest BCUT2D eigenvalue weighted by atomic mass is 32.2. The Morgan fingerprint density at radius 2 is 2.07 bits per heavy atom. The maximum atomic E-state index is 10.6. The summed E-state index contributed by atoms with van der Waals surface area (Å²) in [5, 5.41) is 0. The van der Waals surface area contributed by atoms with E-state index in [2.05, 4.69) is 12.1 Å². The van der Waals surface area contributed by atoms with Crippen LogP contribution in [-0.4, -0.2) is 11.4 Å². The number of carbonyl (C=O) groups is 1. The Morgan fingerprint density at radius 1 is 1.43 bits per heavy atom. The van der Waals surface area contributed by atoms with Crippen molar-refractivity contribution in [2.24, 2.45) is 0 Å². The predicted octanol–water partition coefficient (Wildman–Crippen LogP) is 2.83. The van der Waals surface area contributed by atoms with Gasteiger partial charge in [0.15, 0.2) is 0 Å². The molecule has 0 aromatic heterocycles. The van der Waals surface area contributed by atoms with Crippen molar-refractivity contribution in [2.45, 2.75) is 25.0 Å². The van der Waals surface area contributed by atoms with Gasteiger partial charge in [-0.2, -0.15) is 0 Å². The van der Waals surface area contributed by atoms with Crippen LogP contribution in [0, 0.1) is 0 Å². The number of thioether (sulfide) groups is 1. The fourth-order valence-electron chi connectivity index (χ4n) is 1.06. The van der Waals surface area contributed by atoms with E-state index < -0.39 is 0 Å². The molecule has 2 nitrogen and oxygen atoms in total. The second-order valence-corrected chi connectivity index (χ2v) is 4.26.